The van der Waals surface area contributed by atoms with Gasteiger partial charge in [0.1, 0.15) is 18.5 Å². The van der Waals surface area contributed by atoms with E-state index in [1.54, 1.807) is 19.1 Å². The molecule has 0 radical (unpaired) electrons. The van der Waals surface area contributed by atoms with Gasteiger partial charge in [-0.3, -0.25) is 10.1 Å². The Morgan fingerprint density at radius 2 is 2.30 bits per heavy atom. The lowest BCUT2D eigenvalue weighted by atomic mass is 10.1. The van der Waals surface area contributed by atoms with E-state index in [0.717, 1.165) is 13.1 Å². The molecule has 1 aliphatic heterocycles. The highest BCUT2D eigenvalue weighted by Crippen LogP contribution is 2.24. The smallest absolute Gasteiger partial charge is 0.276 e. The Labute approximate surface area is 118 Å². The Balaban J connectivity index is 1.97. The van der Waals surface area contributed by atoms with Gasteiger partial charge in [-0.25, -0.2) is 0 Å². The van der Waals surface area contributed by atoms with Crippen LogP contribution in [0.1, 0.15) is 19.4 Å². The third-order valence-electron chi connectivity index (χ3n) is 3.22. The van der Waals surface area contributed by atoms with Gasteiger partial charge in [-0.1, -0.05) is 0 Å². The summed E-state index contributed by atoms with van der Waals surface area (Å²) in [5.41, 5.74) is 0.482. The molecule has 1 aromatic rings. The van der Waals surface area contributed by atoms with E-state index in [1.807, 2.05) is 13.8 Å². The predicted molar refractivity (Wildman–Crippen MR) is 75.2 cm³/mol. The molecule has 0 aromatic heterocycles. The summed E-state index contributed by atoms with van der Waals surface area (Å²) in [6.45, 7) is 7.64. The molecular formula is C14H20N2O4. The van der Waals surface area contributed by atoms with Crippen LogP contribution < -0.4 is 10.1 Å². The molecule has 1 saturated heterocycles. The molecule has 110 valence electrons. The Morgan fingerprint density at radius 1 is 1.55 bits per heavy atom. The molecule has 20 heavy (non-hydrogen) atoms. The highest BCUT2D eigenvalue weighted by molar-refractivity contribution is 5.45. The molecule has 1 heterocycles. The van der Waals surface area contributed by atoms with Crippen molar-refractivity contribution < 1.29 is 14.4 Å². The second-order valence-corrected chi connectivity index (χ2v) is 5.65. The zero-order valence-electron chi connectivity index (χ0n) is 12.0. The van der Waals surface area contributed by atoms with E-state index < -0.39 is 4.92 Å². The van der Waals surface area contributed by atoms with Crippen LogP contribution >= 0.6 is 0 Å². The van der Waals surface area contributed by atoms with Gasteiger partial charge >= 0.3 is 0 Å². The van der Waals surface area contributed by atoms with Gasteiger partial charge in [-0.05, 0) is 32.9 Å². The van der Waals surface area contributed by atoms with Crippen molar-refractivity contribution in [3.05, 3.63) is 33.9 Å². The molecule has 0 saturated carbocycles. The van der Waals surface area contributed by atoms with Crippen LogP contribution in [0.5, 0.6) is 5.75 Å². The third kappa shape index (κ3) is 3.68. The molecule has 1 aromatic carbocycles. The topological polar surface area (TPSA) is 73.6 Å². The van der Waals surface area contributed by atoms with Gasteiger partial charge in [-0.2, -0.15) is 0 Å². The molecule has 1 fully saturated rings. The first kappa shape index (κ1) is 14.7. The number of aryl methyl sites for hydroxylation is 1. The normalized spacial score (nSPS) is 21.4. The van der Waals surface area contributed by atoms with E-state index in [2.05, 4.69) is 5.32 Å². The van der Waals surface area contributed by atoms with Gasteiger partial charge in [0.2, 0.25) is 0 Å². The van der Waals surface area contributed by atoms with Gasteiger partial charge in [0, 0.05) is 18.7 Å². The van der Waals surface area contributed by atoms with Crippen molar-refractivity contribution in [2.24, 2.45) is 0 Å². The van der Waals surface area contributed by atoms with Crippen LogP contribution in [0.2, 0.25) is 0 Å². The number of hydrogen-bond donors (Lipinski definition) is 1. The van der Waals surface area contributed by atoms with Crippen molar-refractivity contribution in [1.29, 1.82) is 0 Å². The number of rotatable bonds is 4. The van der Waals surface area contributed by atoms with Crippen molar-refractivity contribution in [2.75, 3.05) is 19.7 Å². The quantitative estimate of drug-likeness (QED) is 0.675. The zero-order valence-corrected chi connectivity index (χ0v) is 12.0. The zero-order chi connectivity index (χ0) is 14.8. The number of benzene rings is 1. The molecule has 0 amide bonds. The predicted octanol–water partition coefficient (Wildman–Crippen LogP) is 2.05. The molecule has 1 aliphatic rings. The molecule has 0 aliphatic carbocycles. The number of morpholine rings is 1. The summed E-state index contributed by atoms with van der Waals surface area (Å²) in [5, 5.41) is 14.2. The lowest BCUT2D eigenvalue weighted by Gasteiger charge is -2.36. The summed E-state index contributed by atoms with van der Waals surface area (Å²) in [6, 6.07) is 4.89. The minimum atomic E-state index is -0.399. The van der Waals surface area contributed by atoms with E-state index in [1.165, 1.54) is 6.07 Å². The van der Waals surface area contributed by atoms with E-state index in [9.17, 15) is 10.1 Å². The van der Waals surface area contributed by atoms with Crippen LogP contribution in [0, 0.1) is 17.0 Å². The minimum absolute atomic E-state index is 0.0564. The summed E-state index contributed by atoms with van der Waals surface area (Å²) >= 11 is 0. The second-order valence-electron chi connectivity index (χ2n) is 5.65. The van der Waals surface area contributed by atoms with Crippen LogP contribution in [-0.4, -0.2) is 36.3 Å². The number of nitrogens with one attached hydrogen (secondary N) is 1. The van der Waals surface area contributed by atoms with Crippen molar-refractivity contribution in [3.63, 3.8) is 0 Å². The molecular weight excluding hydrogens is 260 g/mol. The fourth-order valence-corrected chi connectivity index (χ4v) is 2.23. The number of hydrogen-bond acceptors (Lipinski definition) is 5. The summed E-state index contributed by atoms with van der Waals surface area (Å²) in [7, 11) is 0. The Hall–Kier alpha value is -1.66. The highest BCUT2D eigenvalue weighted by atomic mass is 16.6. The average molecular weight is 280 g/mol. The van der Waals surface area contributed by atoms with Crippen molar-refractivity contribution in [3.8, 4) is 5.75 Å². The maximum Gasteiger partial charge on any atom is 0.276 e. The van der Waals surface area contributed by atoms with Crippen LogP contribution in [-0.2, 0) is 4.74 Å². The third-order valence-corrected chi connectivity index (χ3v) is 3.22. The molecule has 6 nitrogen and oxygen atoms in total. The summed E-state index contributed by atoms with van der Waals surface area (Å²) < 4.78 is 11.5. The molecule has 0 bridgehead atoms. The molecule has 1 atom stereocenters. The van der Waals surface area contributed by atoms with Gasteiger partial charge < -0.3 is 14.8 Å². The van der Waals surface area contributed by atoms with Gasteiger partial charge in [0.05, 0.1) is 16.6 Å². The van der Waals surface area contributed by atoms with E-state index in [4.69, 9.17) is 9.47 Å². The van der Waals surface area contributed by atoms with Gasteiger partial charge in [-0.15, -0.1) is 0 Å². The maximum absolute atomic E-state index is 10.9. The Kier molecular flexibility index (Phi) is 4.25. The molecule has 6 heteroatoms. The fraction of sp³-hybridized carbons (Fsp3) is 0.571. The average Bonchev–Trinajstić information content (AvgIpc) is 2.36. The second kappa shape index (κ2) is 5.76. The molecule has 0 spiro atoms. The van der Waals surface area contributed by atoms with E-state index in [-0.39, 0.29) is 17.4 Å². The highest BCUT2D eigenvalue weighted by Gasteiger charge is 2.28. The van der Waals surface area contributed by atoms with Gasteiger partial charge in [0.15, 0.2) is 0 Å². The first-order valence-corrected chi connectivity index (χ1v) is 6.64. The Morgan fingerprint density at radius 3 is 2.95 bits per heavy atom. The largest absolute Gasteiger partial charge is 0.491 e. The standard InChI is InChI=1S/C14H20N2O4/c1-10-4-5-11(6-13(10)16(17)18)19-8-12-7-15-9-14(2,3)20-12/h4-6,12,15H,7-9H2,1-3H3. The lowest BCUT2D eigenvalue weighted by Crippen LogP contribution is -2.52. The SMILES string of the molecule is Cc1ccc(OCC2CNCC(C)(C)O2)cc1[N+](=O)[O-]. The first-order valence-electron chi connectivity index (χ1n) is 6.64. The fourth-order valence-electron chi connectivity index (χ4n) is 2.23. The summed E-state index contributed by atoms with van der Waals surface area (Å²) in [5.74, 6) is 0.495. The van der Waals surface area contributed by atoms with Crippen LogP contribution in [0.15, 0.2) is 18.2 Å². The summed E-state index contributed by atoms with van der Waals surface area (Å²) in [4.78, 5) is 10.5. The number of ether oxygens (including phenoxy) is 2. The monoisotopic (exact) mass is 280 g/mol. The Bertz CT molecular complexity index is 502. The van der Waals surface area contributed by atoms with Crippen molar-refractivity contribution >= 4 is 5.69 Å². The van der Waals surface area contributed by atoms with Crippen molar-refractivity contribution in [1.82, 2.24) is 5.32 Å². The van der Waals surface area contributed by atoms with E-state index in [0.29, 0.717) is 17.9 Å². The number of nitrogens with zero attached hydrogens (tertiary/aromatic N) is 1. The lowest BCUT2D eigenvalue weighted by molar-refractivity contribution is -0.385. The van der Waals surface area contributed by atoms with Crippen LogP contribution in [0.25, 0.3) is 0 Å². The van der Waals surface area contributed by atoms with Gasteiger partial charge in [0.25, 0.3) is 5.69 Å². The first-order chi connectivity index (χ1) is 9.37. The van der Waals surface area contributed by atoms with E-state index >= 15 is 0 Å². The van der Waals surface area contributed by atoms with Crippen molar-refractivity contribution in [2.45, 2.75) is 32.5 Å². The number of nitro groups is 1. The number of nitro benzene ring substituents is 1. The van der Waals surface area contributed by atoms with Crippen LogP contribution in [0.4, 0.5) is 5.69 Å². The van der Waals surface area contributed by atoms with Crippen LogP contribution in [0.3, 0.4) is 0 Å². The molecule has 2 rings (SSSR count). The maximum atomic E-state index is 10.9. The molecule has 1 N–H and O–H groups in total. The molecule has 1 unspecified atom stereocenters. The summed E-state index contributed by atoms with van der Waals surface area (Å²) in [6.07, 6.45) is -0.0564. The minimum Gasteiger partial charge on any atom is -0.491 e.